The van der Waals surface area contributed by atoms with Crippen LogP contribution in [-0.2, 0) is 16.1 Å². The Morgan fingerprint density at radius 3 is 2.38 bits per heavy atom. The van der Waals surface area contributed by atoms with Gasteiger partial charge in [-0.25, -0.2) is 4.39 Å². The van der Waals surface area contributed by atoms with Gasteiger partial charge in [0.05, 0.1) is 30.8 Å². The summed E-state index contributed by atoms with van der Waals surface area (Å²) in [6, 6.07) is 9.94. The Bertz CT molecular complexity index is 1150. The lowest BCUT2D eigenvalue weighted by Crippen LogP contribution is -2.68. The zero-order valence-electron chi connectivity index (χ0n) is 22.2. The van der Waals surface area contributed by atoms with Crippen molar-refractivity contribution in [2.75, 3.05) is 59.2 Å². The minimum Gasteiger partial charge on any atom is -0.495 e. The molecule has 2 bridgehead atoms. The molecule has 214 valence electrons. The monoisotopic (exact) mass is 601 g/mol. The van der Waals surface area contributed by atoms with Crippen molar-refractivity contribution in [2.45, 2.75) is 18.6 Å². The van der Waals surface area contributed by atoms with Crippen LogP contribution in [0.1, 0.15) is 11.1 Å². The second-order valence-electron chi connectivity index (χ2n) is 9.73. The second kappa shape index (κ2) is 14.8. The normalized spacial score (nSPS) is 18.9. The molecule has 4 rings (SSSR count). The van der Waals surface area contributed by atoms with Crippen LogP contribution in [0.2, 0.25) is 5.02 Å². The van der Waals surface area contributed by atoms with Gasteiger partial charge in [0.25, 0.3) is 0 Å². The SMILES string of the molecule is COc1cc(C=CC(=O)N2C3CNCC2CN(Cc2ccc(F)cc2)C3)c(NC(=O)CN(C)C)cc1Cl.Cl.Cl. The third kappa shape index (κ3) is 8.54. The van der Waals surface area contributed by atoms with Crippen molar-refractivity contribution < 1.29 is 18.7 Å². The quantitative estimate of drug-likeness (QED) is 0.451. The summed E-state index contributed by atoms with van der Waals surface area (Å²) in [6.07, 6.45) is 3.24. The predicted octanol–water partition coefficient (Wildman–Crippen LogP) is 3.53. The number of amides is 2. The van der Waals surface area contributed by atoms with Gasteiger partial charge in [0, 0.05) is 50.1 Å². The minimum absolute atomic E-state index is 0. The van der Waals surface area contributed by atoms with E-state index < -0.39 is 0 Å². The molecule has 0 spiro atoms. The molecule has 2 atom stereocenters. The lowest BCUT2D eigenvalue weighted by Gasteiger charge is -2.50. The third-order valence-corrected chi connectivity index (χ3v) is 6.82. The van der Waals surface area contributed by atoms with Gasteiger partial charge >= 0.3 is 0 Å². The number of fused-ring (bicyclic) bond motifs is 2. The van der Waals surface area contributed by atoms with Gasteiger partial charge in [0.1, 0.15) is 11.6 Å². The molecule has 2 N–H and O–H groups in total. The van der Waals surface area contributed by atoms with Gasteiger partial charge in [-0.15, -0.1) is 24.8 Å². The minimum atomic E-state index is -0.245. The van der Waals surface area contributed by atoms with Crippen LogP contribution in [0.25, 0.3) is 6.08 Å². The Hall–Kier alpha value is -2.40. The molecule has 0 saturated carbocycles. The van der Waals surface area contributed by atoms with Crippen molar-refractivity contribution in [2.24, 2.45) is 0 Å². The number of halogens is 4. The van der Waals surface area contributed by atoms with Crippen molar-refractivity contribution in [1.82, 2.24) is 20.0 Å². The molecule has 2 saturated heterocycles. The van der Waals surface area contributed by atoms with E-state index in [2.05, 4.69) is 15.5 Å². The van der Waals surface area contributed by atoms with E-state index in [-0.39, 0.29) is 61.1 Å². The number of likely N-dealkylation sites (N-methyl/N-ethyl adjacent to an activating group) is 1. The number of carbonyl (C=O) groups is 2. The summed E-state index contributed by atoms with van der Waals surface area (Å²) >= 11 is 6.30. The number of nitrogens with zero attached hydrogens (tertiary/aromatic N) is 3. The number of nitrogens with one attached hydrogen (secondary N) is 2. The van der Waals surface area contributed by atoms with Crippen molar-refractivity contribution in [1.29, 1.82) is 0 Å². The maximum Gasteiger partial charge on any atom is 0.247 e. The highest BCUT2D eigenvalue weighted by Crippen LogP contribution is 2.32. The van der Waals surface area contributed by atoms with Gasteiger partial charge in [-0.2, -0.15) is 0 Å². The number of benzene rings is 2. The van der Waals surface area contributed by atoms with Crippen molar-refractivity contribution in [3.05, 3.63) is 64.4 Å². The molecule has 2 aromatic rings. The highest BCUT2D eigenvalue weighted by molar-refractivity contribution is 6.32. The maximum absolute atomic E-state index is 13.4. The van der Waals surface area contributed by atoms with Gasteiger partial charge in [-0.05, 0) is 50.0 Å². The van der Waals surface area contributed by atoms with Gasteiger partial charge in [-0.3, -0.25) is 14.5 Å². The molecule has 2 amide bonds. The largest absolute Gasteiger partial charge is 0.495 e. The van der Waals surface area contributed by atoms with Crippen molar-refractivity contribution in [3.8, 4) is 5.75 Å². The Kier molecular flexibility index (Phi) is 12.5. The Morgan fingerprint density at radius 2 is 1.79 bits per heavy atom. The molecule has 2 heterocycles. The van der Waals surface area contributed by atoms with E-state index >= 15 is 0 Å². The van der Waals surface area contributed by atoms with E-state index in [4.69, 9.17) is 16.3 Å². The molecule has 39 heavy (non-hydrogen) atoms. The lowest BCUT2D eigenvalue weighted by atomic mass is 10.0. The fourth-order valence-electron chi connectivity index (χ4n) is 4.92. The Morgan fingerprint density at radius 1 is 1.15 bits per heavy atom. The molecule has 2 fully saturated rings. The number of hydrogen-bond acceptors (Lipinski definition) is 6. The van der Waals surface area contributed by atoms with Gasteiger partial charge in [0.2, 0.25) is 11.8 Å². The van der Waals surface area contributed by atoms with Crippen LogP contribution < -0.4 is 15.4 Å². The summed E-state index contributed by atoms with van der Waals surface area (Å²) < 4.78 is 18.6. The average molecular weight is 603 g/mol. The average Bonchev–Trinajstić information content (AvgIpc) is 2.83. The highest BCUT2D eigenvalue weighted by Gasteiger charge is 2.39. The van der Waals surface area contributed by atoms with Crippen LogP contribution in [-0.4, -0.2) is 92.5 Å². The standard InChI is InChI=1S/C27H33ClFN5O3.2ClH/c1-32(2)17-26(35)31-24-11-23(28)25(37-3)10-19(24)6-9-27(36)34-21-12-30-13-22(34)16-33(15-21)14-18-4-7-20(29)8-5-18;;/h4-11,21-22,30H,12-17H2,1-3H3,(H,31,35);2*1H. The predicted molar refractivity (Wildman–Crippen MR) is 158 cm³/mol. The molecule has 0 aromatic heterocycles. The van der Waals surface area contributed by atoms with Gasteiger partial charge in [-0.1, -0.05) is 23.7 Å². The van der Waals surface area contributed by atoms with Crippen LogP contribution in [0.5, 0.6) is 5.75 Å². The summed E-state index contributed by atoms with van der Waals surface area (Å²) in [6.45, 7) is 3.78. The Balaban J connectivity index is 0.00000267. The fraction of sp³-hybridized carbons (Fsp3) is 0.407. The maximum atomic E-state index is 13.4. The number of anilines is 1. The highest BCUT2D eigenvalue weighted by atomic mass is 35.5. The smallest absolute Gasteiger partial charge is 0.247 e. The first kappa shape index (κ1) is 32.8. The third-order valence-electron chi connectivity index (χ3n) is 6.52. The number of methoxy groups -OCH3 is 1. The molecule has 8 nitrogen and oxygen atoms in total. The topological polar surface area (TPSA) is 77.1 Å². The van der Waals surface area contributed by atoms with Gasteiger partial charge < -0.3 is 25.2 Å². The van der Waals surface area contributed by atoms with E-state index in [9.17, 15) is 14.0 Å². The molecule has 2 unspecified atom stereocenters. The van der Waals surface area contributed by atoms with E-state index in [0.717, 1.165) is 18.7 Å². The van der Waals surface area contributed by atoms with Crippen molar-refractivity contribution >= 4 is 60.0 Å². The summed E-state index contributed by atoms with van der Waals surface area (Å²) in [5, 5.41) is 6.67. The number of hydrogen-bond donors (Lipinski definition) is 2. The van der Waals surface area contributed by atoms with Crippen LogP contribution in [0.15, 0.2) is 42.5 Å². The van der Waals surface area contributed by atoms with Crippen LogP contribution in [0.3, 0.4) is 0 Å². The number of rotatable bonds is 8. The molecule has 12 heteroatoms. The first-order valence-electron chi connectivity index (χ1n) is 12.2. The molecule has 0 radical (unpaired) electrons. The van der Waals surface area contributed by atoms with E-state index in [1.807, 2.05) is 19.0 Å². The number of ether oxygens (including phenoxy) is 1. The molecule has 2 aliphatic rings. The molecule has 2 aliphatic heterocycles. The zero-order chi connectivity index (χ0) is 26.5. The zero-order valence-corrected chi connectivity index (χ0v) is 24.5. The van der Waals surface area contributed by atoms with Crippen LogP contribution >= 0.6 is 36.4 Å². The summed E-state index contributed by atoms with van der Waals surface area (Å²) in [5.41, 5.74) is 2.18. The first-order chi connectivity index (χ1) is 17.7. The summed E-state index contributed by atoms with van der Waals surface area (Å²) in [4.78, 5) is 31.8. The van der Waals surface area contributed by atoms with E-state index in [1.54, 1.807) is 41.3 Å². The Labute approximate surface area is 246 Å². The van der Waals surface area contributed by atoms with Gasteiger partial charge in [0.15, 0.2) is 0 Å². The number of carbonyl (C=O) groups excluding carboxylic acids is 2. The van der Waals surface area contributed by atoms with Crippen LogP contribution in [0.4, 0.5) is 10.1 Å². The van der Waals surface area contributed by atoms with E-state index in [0.29, 0.717) is 41.7 Å². The molecule has 2 aromatic carbocycles. The number of piperazine rings is 2. The lowest BCUT2D eigenvalue weighted by molar-refractivity contribution is -0.136. The summed E-state index contributed by atoms with van der Waals surface area (Å²) in [5.74, 6) is -0.0666. The second-order valence-corrected chi connectivity index (χ2v) is 10.1. The fourth-order valence-corrected chi connectivity index (χ4v) is 5.16. The van der Waals surface area contributed by atoms with Crippen LogP contribution in [0, 0.1) is 5.82 Å². The molecular formula is C27H35Cl3FN5O3. The first-order valence-corrected chi connectivity index (χ1v) is 12.6. The summed E-state index contributed by atoms with van der Waals surface area (Å²) in [7, 11) is 5.14. The van der Waals surface area contributed by atoms with E-state index in [1.165, 1.54) is 19.2 Å². The van der Waals surface area contributed by atoms with Crippen molar-refractivity contribution in [3.63, 3.8) is 0 Å². The molecule has 0 aliphatic carbocycles. The molecular weight excluding hydrogens is 568 g/mol.